The average Bonchev–Trinajstić information content (AvgIpc) is 3.02. The van der Waals surface area contributed by atoms with E-state index in [1.807, 2.05) is 49.4 Å². The lowest BCUT2D eigenvalue weighted by atomic mass is 10.1. The molecule has 0 radical (unpaired) electrons. The summed E-state index contributed by atoms with van der Waals surface area (Å²) in [6.07, 6.45) is 1.70. The largest absolute Gasteiger partial charge is 0.340 e. The van der Waals surface area contributed by atoms with Crippen molar-refractivity contribution >= 4 is 68.8 Å². The van der Waals surface area contributed by atoms with E-state index in [9.17, 15) is 4.79 Å². The molecule has 7 heteroatoms. The lowest BCUT2D eigenvalue weighted by Gasteiger charge is -2.09. The Kier molecular flexibility index (Phi) is 6.65. The van der Waals surface area contributed by atoms with Gasteiger partial charge < -0.3 is 4.57 Å². The Morgan fingerprint density at radius 3 is 2.55 bits per heavy atom. The molecule has 0 aliphatic carbocycles. The van der Waals surface area contributed by atoms with E-state index in [0.29, 0.717) is 22.2 Å². The van der Waals surface area contributed by atoms with Gasteiger partial charge in [-0.15, -0.1) is 0 Å². The van der Waals surface area contributed by atoms with Gasteiger partial charge in [0.05, 0.1) is 16.3 Å². The number of carbonyl (C=O) groups excluding carboxylic acids is 1. The van der Waals surface area contributed by atoms with E-state index in [4.69, 9.17) is 23.2 Å². The quantitative estimate of drug-likeness (QED) is 0.165. The number of fused-ring (bicyclic) bond motifs is 1. The van der Waals surface area contributed by atoms with E-state index in [-0.39, 0.29) is 5.91 Å². The van der Waals surface area contributed by atoms with Gasteiger partial charge in [-0.1, -0.05) is 47.5 Å². The third kappa shape index (κ3) is 4.79. The molecule has 0 atom stereocenters. The second kappa shape index (κ2) is 9.42. The van der Waals surface area contributed by atoms with E-state index in [0.717, 1.165) is 31.3 Å². The van der Waals surface area contributed by atoms with Crippen molar-refractivity contribution in [3.8, 4) is 0 Å². The Hall–Kier alpha value is -2.35. The molecule has 0 aliphatic heterocycles. The second-order valence-electron chi connectivity index (χ2n) is 7.06. The number of nitrogens with one attached hydrogen (secondary N) is 1. The first kappa shape index (κ1) is 21.9. The minimum absolute atomic E-state index is 0.246. The van der Waals surface area contributed by atoms with Crippen molar-refractivity contribution in [3.63, 3.8) is 0 Å². The van der Waals surface area contributed by atoms with Gasteiger partial charge in [0.1, 0.15) is 0 Å². The molecule has 1 N–H and O–H groups in total. The van der Waals surface area contributed by atoms with Gasteiger partial charge in [-0.2, -0.15) is 5.10 Å². The highest BCUT2D eigenvalue weighted by molar-refractivity contribution is 14.1. The Morgan fingerprint density at radius 2 is 1.81 bits per heavy atom. The summed E-state index contributed by atoms with van der Waals surface area (Å²) < 4.78 is 3.28. The summed E-state index contributed by atoms with van der Waals surface area (Å²) >= 11 is 14.5. The Morgan fingerprint density at radius 1 is 1.06 bits per heavy atom. The number of nitrogens with zero attached hydrogens (tertiary/aromatic N) is 2. The molecule has 31 heavy (non-hydrogen) atoms. The average molecular weight is 562 g/mol. The van der Waals surface area contributed by atoms with Gasteiger partial charge in [0, 0.05) is 37.8 Å². The molecular weight excluding hydrogens is 544 g/mol. The van der Waals surface area contributed by atoms with E-state index < -0.39 is 0 Å². The number of halogens is 3. The first-order valence-corrected chi connectivity index (χ1v) is 11.4. The third-order valence-electron chi connectivity index (χ3n) is 5.07. The summed E-state index contributed by atoms with van der Waals surface area (Å²) in [5.41, 5.74) is 7.31. The zero-order valence-corrected chi connectivity index (χ0v) is 20.2. The third-order valence-corrected chi connectivity index (χ3v) is 6.53. The number of hydrogen-bond acceptors (Lipinski definition) is 2. The number of benzene rings is 3. The van der Waals surface area contributed by atoms with Gasteiger partial charge in [0.2, 0.25) is 0 Å². The van der Waals surface area contributed by atoms with Gasteiger partial charge in [-0.05, 0) is 77.5 Å². The van der Waals surface area contributed by atoms with Crippen LogP contribution in [0.4, 0.5) is 0 Å². The maximum atomic E-state index is 12.3. The van der Waals surface area contributed by atoms with Crippen molar-refractivity contribution in [1.29, 1.82) is 0 Å². The minimum atomic E-state index is -0.246. The molecule has 0 unspecified atom stereocenters. The molecule has 1 aromatic heterocycles. The summed E-state index contributed by atoms with van der Waals surface area (Å²) in [7, 11) is 0. The van der Waals surface area contributed by atoms with Crippen LogP contribution in [-0.2, 0) is 6.54 Å². The van der Waals surface area contributed by atoms with E-state index in [1.54, 1.807) is 18.3 Å². The van der Waals surface area contributed by atoms with Gasteiger partial charge >= 0.3 is 0 Å². The van der Waals surface area contributed by atoms with E-state index >= 15 is 0 Å². The lowest BCUT2D eigenvalue weighted by molar-refractivity contribution is 0.0955. The Bertz CT molecular complexity index is 1300. The molecule has 0 aliphatic rings. The van der Waals surface area contributed by atoms with Crippen LogP contribution in [0, 0.1) is 10.5 Å². The SMILES string of the molecule is Cc1c(/C=N\NC(=O)c2ccc(I)cc2)c2ccccc2n1Cc1ccc(Cl)c(Cl)c1. The smallest absolute Gasteiger partial charge is 0.271 e. The highest BCUT2D eigenvalue weighted by Crippen LogP contribution is 2.28. The van der Waals surface area contributed by atoms with Gasteiger partial charge in [-0.25, -0.2) is 5.43 Å². The lowest BCUT2D eigenvalue weighted by Crippen LogP contribution is -2.17. The van der Waals surface area contributed by atoms with Crippen LogP contribution >= 0.6 is 45.8 Å². The summed E-state index contributed by atoms with van der Waals surface area (Å²) in [5, 5.41) is 6.36. The van der Waals surface area contributed by atoms with Crippen molar-refractivity contribution in [1.82, 2.24) is 9.99 Å². The van der Waals surface area contributed by atoms with Gasteiger partial charge in [0.15, 0.2) is 0 Å². The van der Waals surface area contributed by atoms with Crippen LogP contribution in [0.3, 0.4) is 0 Å². The molecule has 1 amide bonds. The number of amides is 1. The van der Waals surface area contributed by atoms with Crippen LogP contribution in [0.25, 0.3) is 10.9 Å². The molecule has 0 fully saturated rings. The topological polar surface area (TPSA) is 46.4 Å². The number of aromatic nitrogens is 1. The molecule has 0 bridgehead atoms. The maximum Gasteiger partial charge on any atom is 0.271 e. The molecule has 4 nitrogen and oxygen atoms in total. The van der Waals surface area contributed by atoms with Crippen molar-refractivity contribution in [2.24, 2.45) is 5.10 Å². The van der Waals surface area contributed by atoms with Gasteiger partial charge in [-0.3, -0.25) is 4.79 Å². The first-order valence-electron chi connectivity index (χ1n) is 9.55. The zero-order chi connectivity index (χ0) is 22.0. The molecule has 1 heterocycles. The monoisotopic (exact) mass is 561 g/mol. The number of rotatable bonds is 5. The summed E-state index contributed by atoms with van der Waals surface area (Å²) in [6.45, 7) is 2.69. The minimum Gasteiger partial charge on any atom is -0.340 e. The second-order valence-corrected chi connectivity index (χ2v) is 9.12. The van der Waals surface area contributed by atoms with Crippen LogP contribution < -0.4 is 5.43 Å². The number of carbonyl (C=O) groups is 1. The highest BCUT2D eigenvalue weighted by atomic mass is 127. The fourth-order valence-electron chi connectivity index (χ4n) is 3.47. The molecule has 4 aromatic rings. The molecule has 0 spiro atoms. The number of hydrogen-bond donors (Lipinski definition) is 1. The van der Waals surface area contributed by atoms with Gasteiger partial charge in [0.25, 0.3) is 5.91 Å². The molecule has 3 aromatic carbocycles. The van der Waals surface area contributed by atoms with Crippen molar-refractivity contribution in [2.75, 3.05) is 0 Å². The normalized spacial score (nSPS) is 11.4. The Labute approximate surface area is 204 Å². The molecule has 0 saturated heterocycles. The van der Waals surface area contributed by atoms with Crippen molar-refractivity contribution in [3.05, 3.63) is 103 Å². The van der Waals surface area contributed by atoms with Crippen LogP contribution in [0.2, 0.25) is 10.0 Å². The summed E-state index contributed by atoms with van der Waals surface area (Å²) in [6, 6.07) is 21.1. The first-order chi connectivity index (χ1) is 14.9. The van der Waals surface area contributed by atoms with Crippen molar-refractivity contribution < 1.29 is 4.79 Å². The predicted octanol–water partition coefficient (Wildman–Crippen LogP) is 6.67. The van der Waals surface area contributed by atoms with Crippen LogP contribution in [0.5, 0.6) is 0 Å². The summed E-state index contributed by atoms with van der Waals surface area (Å²) in [5.74, 6) is -0.246. The predicted molar refractivity (Wildman–Crippen MR) is 136 cm³/mol. The Balaban J connectivity index is 1.63. The fraction of sp³-hybridized carbons (Fsp3) is 0.0833. The maximum absolute atomic E-state index is 12.3. The van der Waals surface area contributed by atoms with E-state index in [2.05, 4.69) is 49.8 Å². The highest BCUT2D eigenvalue weighted by Gasteiger charge is 2.13. The van der Waals surface area contributed by atoms with Crippen LogP contribution in [-0.4, -0.2) is 16.7 Å². The van der Waals surface area contributed by atoms with Crippen LogP contribution in [0.1, 0.15) is 27.2 Å². The molecule has 156 valence electrons. The number of para-hydroxylation sites is 1. The van der Waals surface area contributed by atoms with E-state index in [1.165, 1.54) is 0 Å². The molecule has 4 rings (SSSR count). The van der Waals surface area contributed by atoms with Crippen LogP contribution in [0.15, 0.2) is 71.8 Å². The molecule has 0 saturated carbocycles. The standard InChI is InChI=1S/C24H18Cl2IN3O/c1-15-20(13-28-29-24(31)17-7-9-18(27)10-8-17)19-4-2-3-5-23(19)30(15)14-16-6-11-21(25)22(26)12-16/h2-13H,14H2,1H3,(H,29,31)/b28-13-. The van der Waals surface area contributed by atoms with Crippen molar-refractivity contribution in [2.45, 2.75) is 13.5 Å². The summed E-state index contributed by atoms with van der Waals surface area (Å²) in [4.78, 5) is 12.3. The fourth-order valence-corrected chi connectivity index (χ4v) is 4.15. The zero-order valence-electron chi connectivity index (χ0n) is 16.6. The number of hydrazone groups is 1. The molecular formula is C24H18Cl2IN3O.